The fourth-order valence-electron chi connectivity index (χ4n) is 2.13. The molecule has 106 valence electrons. The van der Waals surface area contributed by atoms with Crippen LogP contribution in [0.15, 0.2) is 42.6 Å². The van der Waals surface area contributed by atoms with E-state index >= 15 is 0 Å². The maximum atomic E-state index is 12.3. The van der Waals surface area contributed by atoms with Crippen molar-refractivity contribution in [3.05, 3.63) is 63.8 Å². The summed E-state index contributed by atoms with van der Waals surface area (Å²) in [6.45, 7) is 1.86. The van der Waals surface area contributed by atoms with E-state index in [1.165, 1.54) is 0 Å². The minimum absolute atomic E-state index is 0.222. The first-order valence-electron chi connectivity index (χ1n) is 6.39. The van der Waals surface area contributed by atoms with Gasteiger partial charge in [0.1, 0.15) is 0 Å². The molecule has 1 heterocycles. The molecule has 3 aromatic rings. The molecule has 0 saturated carbocycles. The van der Waals surface area contributed by atoms with Gasteiger partial charge in [-0.15, -0.1) is 0 Å². The topological polar surface area (TPSA) is 44.9 Å². The Balaban J connectivity index is 1.90. The summed E-state index contributed by atoms with van der Waals surface area (Å²) in [5, 5.41) is 4.80. The second-order valence-electron chi connectivity index (χ2n) is 4.82. The van der Waals surface area contributed by atoms with Gasteiger partial charge in [0.2, 0.25) is 0 Å². The van der Waals surface area contributed by atoms with Gasteiger partial charge in [-0.3, -0.25) is 4.79 Å². The van der Waals surface area contributed by atoms with Crippen LogP contribution in [0.1, 0.15) is 15.9 Å². The van der Waals surface area contributed by atoms with Crippen molar-refractivity contribution >= 4 is 45.7 Å². The number of benzene rings is 2. The van der Waals surface area contributed by atoms with E-state index in [4.69, 9.17) is 23.2 Å². The number of carbonyl (C=O) groups excluding carboxylic acids is 1. The maximum absolute atomic E-state index is 12.3. The van der Waals surface area contributed by atoms with E-state index in [0.717, 1.165) is 16.5 Å². The van der Waals surface area contributed by atoms with Crippen molar-refractivity contribution in [3.8, 4) is 0 Å². The molecule has 0 saturated heterocycles. The Bertz CT molecular complexity index is 839. The predicted molar refractivity (Wildman–Crippen MR) is 87.5 cm³/mol. The number of halogens is 2. The van der Waals surface area contributed by atoms with Gasteiger partial charge in [0.15, 0.2) is 0 Å². The molecule has 3 rings (SSSR count). The Kier molecular flexibility index (Phi) is 3.62. The van der Waals surface area contributed by atoms with Gasteiger partial charge in [0, 0.05) is 27.7 Å². The van der Waals surface area contributed by atoms with Crippen molar-refractivity contribution in [1.82, 2.24) is 4.98 Å². The molecule has 21 heavy (non-hydrogen) atoms. The highest BCUT2D eigenvalue weighted by atomic mass is 35.5. The lowest BCUT2D eigenvalue weighted by Gasteiger charge is -2.09. The summed E-state index contributed by atoms with van der Waals surface area (Å²) in [6, 6.07) is 10.8. The van der Waals surface area contributed by atoms with Crippen LogP contribution in [0.4, 0.5) is 5.69 Å². The van der Waals surface area contributed by atoms with Crippen LogP contribution >= 0.6 is 23.2 Å². The number of nitrogens with one attached hydrogen (secondary N) is 2. The Morgan fingerprint density at radius 1 is 1.10 bits per heavy atom. The summed E-state index contributed by atoms with van der Waals surface area (Å²) in [5.74, 6) is -0.222. The van der Waals surface area contributed by atoms with Crippen molar-refractivity contribution in [3.63, 3.8) is 0 Å². The molecule has 3 nitrogen and oxygen atoms in total. The summed E-state index contributed by atoms with van der Waals surface area (Å²) in [4.78, 5) is 15.4. The molecule has 2 aromatic carbocycles. The number of hydrogen-bond acceptors (Lipinski definition) is 1. The fraction of sp³-hybridized carbons (Fsp3) is 0.0625. The van der Waals surface area contributed by atoms with Gasteiger partial charge in [0.25, 0.3) is 5.91 Å². The zero-order chi connectivity index (χ0) is 15.0. The lowest BCUT2D eigenvalue weighted by Crippen LogP contribution is -2.12. The Labute approximate surface area is 131 Å². The molecule has 0 atom stereocenters. The van der Waals surface area contributed by atoms with Crippen molar-refractivity contribution in [1.29, 1.82) is 0 Å². The lowest BCUT2D eigenvalue weighted by molar-refractivity contribution is 0.102. The predicted octanol–water partition coefficient (Wildman–Crippen LogP) is 5.04. The van der Waals surface area contributed by atoms with E-state index in [-0.39, 0.29) is 5.91 Å². The number of carbonyl (C=O) groups is 1. The molecule has 0 spiro atoms. The highest BCUT2D eigenvalue weighted by molar-refractivity contribution is 6.36. The van der Waals surface area contributed by atoms with Gasteiger partial charge < -0.3 is 10.3 Å². The molecule has 1 aromatic heterocycles. The number of aryl methyl sites for hydroxylation is 1. The largest absolute Gasteiger partial charge is 0.361 e. The average Bonchev–Trinajstić information content (AvgIpc) is 2.92. The fourth-order valence-corrected chi connectivity index (χ4v) is 2.56. The molecule has 1 amide bonds. The molecule has 0 aliphatic rings. The van der Waals surface area contributed by atoms with Crippen LogP contribution in [0.25, 0.3) is 10.9 Å². The maximum Gasteiger partial charge on any atom is 0.255 e. The first kappa shape index (κ1) is 14.0. The smallest absolute Gasteiger partial charge is 0.255 e. The molecular formula is C16H12Cl2N2O. The molecule has 5 heteroatoms. The van der Waals surface area contributed by atoms with Crippen molar-refractivity contribution in [2.75, 3.05) is 5.32 Å². The van der Waals surface area contributed by atoms with Crippen LogP contribution < -0.4 is 5.32 Å². The normalized spacial score (nSPS) is 10.8. The molecule has 0 aliphatic heterocycles. The average molecular weight is 319 g/mol. The van der Waals surface area contributed by atoms with E-state index in [1.807, 2.05) is 31.3 Å². The summed E-state index contributed by atoms with van der Waals surface area (Å²) < 4.78 is 0. The number of anilines is 1. The minimum atomic E-state index is -0.222. The standard InChI is InChI=1S/C16H12Cl2N2O/c1-9-6-13(18)15(8-12(9)17)20-16(21)11-2-3-14-10(7-11)4-5-19-14/h2-8,19H,1H3,(H,20,21). The van der Waals surface area contributed by atoms with Crippen LogP contribution in [0.5, 0.6) is 0 Å². The SMILES string of the molecule is Cc1cc(Cl)c(NC(=O)c2ccc3[nH]ccc3c2)cc1Cl. The monoisotopic (exact) mass is 318 g/mol. The van der Waals surface area contributed by atoms with Crippen molar-refractivity contribution in [2.24, 2.45) is 0 Å². The van der Waals surface area contributed by atoms with Gasteiger partial charge >= 0.3 is 0 Å². The third kappa shape index (κ3) is 2.75. The Morgan fingerprint density at radius 3 is 2.71 bits per heavy atom. The molecule has 0 radical (unpaired) electrons. The summed E-state index contributed by atoms with van der Waals surface area (Å²) in [7, 11) is 0. The van der Waals surface area contributed by atoms with Crippen LogP contribution in [0.2, 0.25) is 10.0 Å². The van der Waals surface area contributed by atoms with Crippen LogP contribution in [-0.4, -0.2) is 10.9 Å². The molecule has 0 fully saturated rings. The Hall–Kier alpha value is -1.97. The highest BCUT2D eigenvalue weighted by Crippen LogP contribution is 2.29. The van der Waals surface area contributed by atoms with Gasteiger partial charge in [-0.25, -0.2) is 0 Å². The second kappa shape index (κ2) is 5.43. The van der Waals surface area contributed by atoms with E-state index in [1.54, 1.807) is 18.2 Å². The summed E-state index contributed by atoms with van der Waals surface area (Å²) in [5.41, 5.74) is 2.93. The summed E-state index contributed by atoms with van der Waals surface area (Å²) >= 11 is 12.2. The van der Waals surface area contributed by atoms with E-state index in [9.17, 15) is 4.79 Å². The third-order valence-electron chi connectivity index (χ3n) is 3.31. The number of H-pyrrole nitrogens is 1. The highest BCUT2D eigenvalue weighted by Gasteiger charge is 2.11. The first-order chi connectivity index (χ1) is 10.0. The number of fused-ring (bicyclic) bond motifs is 1. The number of amides is 1. The zero-order valence-corrected chi connectivity index (χ0v) is 12.7. The Morgan fingerprint density at radius 2 is 1.90 bits per heavy atom. The van der Waals surface area contributed by atoms with Crippen LogP contribution in [0, 0.1) is 6.92 Å². The first-order valence-corrected chi connectivity index (χ1v) is 7.14. The van der Waals surface area contributed by atoms with E-state index in [2.05, 4.69) is 10.3 Å². The van der Waals surface area contributed by atoms with Crippen molar-refractivity contribution < 1.29 is 4.79 Å². The van der Waals surface area contributed by atoms with Gasteiger partial charge in [-0.2, -0.15) is 0 Å². The van der Waals surface area contributed by atoms with Crippen LogP contribution in [0.3, 0.4) is 0 Å². The number of rotatable bonds is 2. The summed E-state index contributed by atoms with van der Waals surface area (Å²) in [6.07, 6.45) is 1.84. The zero-order valence-electron chi connectivity index (χ0n) is 11.2. The van der Waals surface area contributed by atoms with Crippen molar-refractivity contribution in [2.45, 2.75) is 6.92 Å². The van der Waals surface area contributed by atoms with Gasteiger partial charge in [-0.1, -0.05) is 23.2 Å². The molecular weight excluding hydrogens is 307 g/mol. The second-order valence-corrected chi connectivity index (χ2v) is 5.63. The lowest BCUT2D eigenvalue weighted by atomic mass is 10.1. The molecule has 2 N–H and O–H groups in total. The van der Waals surface area contributed by atoms with Gasteiger partial charge in [0.05, 0.1) is 10.7 Å². The van der Waals surface area contributed by atoms with E-state index in [0.29, 0.717) is 21.3 Å². The number of aromatic amines is 1. The number of aromatic nitrogens is 1. The van der Waals surface area contributed by atoms with Crippen LogP contribution in [-0.2, 0) is 0 Å². The van der Waals surface area contributed by atoms with Gasteiger partial charge in [-0.05, 0) is 48.9 Å². The molecule has 0 aliphatic carbocycles. The van der Waals surface area contributed by atoms with E-state index < -0.39 is 0 Å². The molecule has 0 bridgehead atoms. The molecule has 0 unspecified atom stereocenters. The number of hydrogen-bond donors (Lipinski definition) is 2. The minimum Gasteiger partial charge on any atom is -0.361 e. The quantitative estimate of drug-likeness (QED) is 0.683. The third-order valence-corrected chi connectivity index (χ3v) is 4.03.